The first-order chi connectivity index (χ1) is 15.5. The van der Waals surface area contributed by atoms with E-state index in [1.165, 1.54) is 38.5 Å². The molecule has 4 saturated carbocycles. The Morgan fingerprint density at radius 3 is 2.38 bits per heavy atom. The molecule has 32 heavy (non-hydrogen) atoms. The maximum Gasteiger partial charge on any atom is 0.264 e. The molecule has 1 N–H and O–H groups in total. The van der Waals surface area contributed by atoms with Crippen LogP contribution in [0, 0.1) is 30.1 Å². The number of aryl methyl sites for hydroxylation is 1. The van der Waals surface area contributed by atoms with Crippen molar-refractivity contribution in [2.45, 2.75) is 70.6 Å². The zero-order chi connectivity index (χ0) is 21.9. The van der Waals surface area contributed by atoms with E-state index in [-0.39, 0.29) is 11.5 Å². The fourth-order valence-corrected chi connectivity index (χ4v) is 7.75. The van der Waals surface area contributed by atoms with Crippen LogP contribution in [-0.2, 0) is 4.79 Å². The molecule has 0 spiro atoms. The van der Waals surface area contributed by atoms with Crippen molar-refractivity contribution in [2.24, 2.45) is 23.2 Å². The summed E-state index contributed by atoms with van der Waals surface area (Å²) >= 11 is 0. The van der Waals surface area contributed by atoms with Gasteiger partial charge in [-0.25, -0.2) is 5.10 Å². The number of amides is 1. The van der Waals surface area contributed by atoms with Crippen LogP contribution < -0.4 is 5.56 Å². The number of carbonyl (C=O) groups is 1. The third kappa shape index (κ3) is 3.59. The summed E-state index contributed by atoms with van der Waals surface area (Å²) in [5.41, 5.74) is 2.37. The first-order valence-corrected chi connectivity index (χ1v) is 12.3. The fraction of sp³-hybridized carbons (Fsp3) is 0.680. The van der Waals surface area contributed by atoms with Gasteiger partial charge in [0, 0.05) is 43.1 Å². The number of piperidine rings is 1. The molecule has 4 aliphatic carbocycles. The molecule has 5 fully saturated rings. The molecule has 0 aromatic carbocycles. The summed E-state index contributed by atoms with van der Waals surface area (Å²) in [4.78, 5) is 27.3. The first kappa shape index (κ1) is 20.2. The molecule has 7 heteroatoms. The van der Waals surface area contributed by atoms with Crippen molar-refractivity contribution in [3.05, 3.63) is 33.9 Å². The quantitative estimate of drug-likeness (QED) is 0.781. The molecule has 1 aliphatic heterocycles. The normalized spacial score (nSPS) is 31.9. The summed E-state index contributed by atoms with van der Waals surface area (Å²) in [5, 5.41) is 10.9. The zero-order valence-electron chi connectivity index (χ0n) is 18.8. The Bertz CT molecular complexity index is 1040. The van der Waals surface area contributed by atoms with Crippen molar-refractivity contribution >= 4 is 5.91 Å². The molecular formula is C25H32N4O3. The van der Waals surface area contributed by atoms with Crippen molar-refractivity contribution < 1.29 is 9.32 Å². The Morgan fingerprint density at radius 1 is 1.12 bits per heavy atom. The monoisotopic (exact) mass is 436 g/mol. The maximum atomic E-state index is 13.3. The number of hydrogen-bond acceptors (Lipinski definition) is 5. The van der Waals surface area contributed by atoms with Crippen LogP contribution in [0.1, 0.15) is 75.1 Å². The van der Waals surface area contributed by atoms with Gasteiger partial charge in [-0.2, -0.15) is 5.10 Å². The summed E-state index contributed by atoms with van der Waals surface area (Å²) in [5.74, 6) is 3.76. The smallest absolute Gasteiger partial charge is 0.264 e. The van der Waals surface area contributed by atoms with E-state index < -0.39 is 0 Å². The van der Waals surface area contributed by atoms with E-state index in [1.54, 1.807) is 6.07 Å². The van der Waals surface area contributed by atoms with Crippen molar-refractivity contribution in [3.63, 3.8) is 0 Å². The molecule has 170 valence electrons. The van der Waals surface area contributed by atoms with Gasteiger partial charge >= 0.3 is 0 Å². The number of carbonyl (C=O) groups excluding carboxylic acids is 1. The van der Waals surface area contributed by atoms with Gasteiger partial charge in [0.05, 0.1) is 11.4 Å². The van der Waals surface area contributed by atoms with Gasteiger partial charge in [0.15, 0.2) is 5.76 Å². The minimum Gasteiger partial charge on any atom is -0.356 e. The average Bonchev–Trinajstić information content (AvgIpc) is 3.19. The molecule has 1 saturated heterocycles. The fourth-order valence-electron chi connectivity index (χ4n) is 7.75. The molecule has 4 bridgehead atoms. The molecule has 5 aliphatic rings. The van der Waals surface area contributed by atoms with E-state index in [0.29, 0.717) is 22.6 Å². The number of hydrogen-bond donors (Lipinski definition) is 1. The van der Waals surface area contributed by atoms with Crippen LogP contribution in [0.25, 0.3) is 11.3 Å². The highest BCUT2D eigenvalue weighted by atomic mass is 16.5. The van der Waals surface area contributed by atoms with Crippen LogP contribution in [-0.4, -0.2) is 39.3 Å². The maximum absolute atomic E-state index is 13.3. The average molecular weight is 437 g/mol. The van der Waals surface area contributed by atoms with Gasteiger partial charge < -0.3 is 9.42 Å². The van der Waals surface area contributed by atoms with Crippen LogP contribution >= 0.6 is 0 Å². The third-order valence-electron chi connectivity index (χ3n) is 8.66. The number of likely N-dealkylation sites (tertiary alicyclic amines) is 1. The Balaban J connectivity index is 1.13. The van der Waals surface area contributed by atoms with E-state index in [1.807, 2.05) is 13.0 Å². The minimum atomic E-state index is -0.249. The Kier molecular flexibility index (Phi) is 4.77. The molecule has 0 radical (unpaired) electrons. The summed E-state index contributed by atoms with van der Waals surface area (Å²) in [6.45, 7) is 3.37. The minimum absolute atomic E-state index is 0.191. The van der Waals surface area contributed by atoms with Gasteiger partial charge in [0.1, 0.15) is 0 Å². The number of nitrogens with zero attached hydrogens (tertiary/aromatic N) is 3. The summed E-state index contributed by atoms with van der Waals surface area (Å²) in [6, 6.07) is 3.39. The largest absolute Gasteiger partial charge is 0.356 e. The summed E-state index contributed by atoms with van der Waals surface area (Å²) < 4.78 is 5.42. The van der Waals surface area contributed by atoms with Gasteiger partial charge in [-0.15, -0.1) is 0 Å². The number of rotatable bonds is 4. The third-order valence-corrected chi connectivity index (χ3v) is 8.66. The SMILES string of the molecule is Cc1cc(-c2cc(=O)[nH]nc2C2CCN(C(=O)CC34CC5CC(CC(C5)C3)C4)CC2)on1. The van der Waals surface area contributed by atoms with Crippen molar-refractivity contribution in [2.75, 3.05) is 13.1 Å². The summed E-state index contributed by atoms with van der Waals surface area (Å²) in [7, 11) is 0. The molecular weight excluding hydrogens is 404 g/mol. The van der Waals surface area contributed by atoms with E-state index in [0.717, 1.165) is 61.5 Å². The molecule has 2 aromatic rings. The van der Waals surface area contributed by atoms with E-state index in [4.69, 9.17) is 4.52 Å². The highest BCUT2D eigenvalue weighted by Crippen LogP contribution is 2.61. The predicted molar refractivity (Wildman–Crippen MR) is 119 cm³/mol. The van der Waals surface area contributed by atoms with Gasteiger partial charge in [-0.1, -0.05) is 5.16 Å². The lowest BCUT2D eigenvalue weighted by Crippen LogP contribution is -2.49. The van der Waals surface area contributed by atoms with Crippen LogP contribution in [0.2, 0.25) is 0 Å². The number of nitrogens with one attached hydrogen (secondary N) is 1. The molecule has 0 atom stereocenters. The molecule has 0 unspecified atom stereocenters. The highest BCUT2D eigenvalue weighted by Gasteiger charge is 2.51. The van der Waals surface area contributed by atoms with Crippen LogP contribution in [0.3, 0.4) is 0 Å². The second-order valence-corrected chi connectivity index (χ2v) is 11.1. The Labute approximate surface area is 187 Å². The predicted octanol–water partition coefficient (Wildman–Crippen LogP) is 4.05. The number of H-pyrrole nitrogens is 1. The Morgan fingerprint density at radius 2 is 1.78 bits per heavy atom. The van der Waals surface area contributed by atoms with Crippen LogP contribution in [0.5, 0.6) is 0 Å². The number of aromatic amines is 1. The van der Waals surface area contributed by atoms with Gasteiger partial charge in [-0.3, -0.25) is 9.59 Å². The van der Waals surface area contributed by atoms with E-state index in [2.05, 4.69) is 20.3 Å². The molecule has 3 heterocycles. The molecule has 2 aromatic heterocycles. The molecule has 7 rings (SSSR count). The van der Waals surface area contributed by atoms with Crippen LogP contribution in [0.15, 0.2) is 21.5 Å². The molecule has 7 nitrogen and oxygen atoms in total. The van der Waals surface area contributed by atoms with Gasteiger partial charge in [0.2, 0.25) is 5.91 Å². The lowest BCUT2D eigenvalue weighted by Gasteiger charge is -2.57. The highest BCUT2D eigenvalue weighted by molar-refractivity contribution is 5.77. The molecule has 1 amide bonds. The van der Waals surface area contributed by atoms with Crippen molar-refractivity contribution in [1.29, 1.82) is 0 Å². The Hall–Kier alpha value is -2.44. The number of aromatic nitrogens is 3. The second-order valence-electron chi connectivity index (χ2n) is 11.1. The lowest BCUT2D eigenvalue weighted by atomic mass is 9.49. The summed E-state index contributed by atoms with van der Waals surface area (Å²) in [6.07, 6.45) is 10.5. The zero-order valence-corrected chi connectivity index (χ0v) is 18.8. The standard InChI is InChI=1S/C25H32N4O3/c1-15-6-21(32-28-15)20-10-22(30)26-27-24(20)19-2-4-29(5-3-19)23(31)14-25-11-16-7-17(12-25)9-18(8-16)13-25/h6,10,16-19H,2-5,7-9,11-14H2,1H3,(H,26,30). The van der Waals surface area contributed by atoms with Crippen LogP contribution in [0.4, 0.5) is 0 Å². The topological polar surface area (TPSA) is 92.1 Å². The lowest BCUT2D eigenvalue weighted by molar-refractivity contribution is -0.140. The van der Waals surface area contributed by atoms with Crippen molar-refractivity contribution in [1.82, 2.24) is 20.3 Å². The van der Waals surface area contributed by atoms with E-state index in [9.17, 15) is 9.59 Å². The van der Waals surface area contributed by atoms with E-state index >= 15 is 0 Å². The van der Waals surface area contributed by atoms with Gasteiger partial charge in [-0.05, 0) is 81.5 Å². The second kappa shape index (κ2) is 7.56. The van der Waals surface area contributed by atoms with Crippen molar-refractivity contribution in [3.8, 4) is 11.3 Å². The van der Waals surface area contributed by atoms with Gasteiger partial charge in [0.25, 0.3) is 5.56 Å². The first-order valence-electron chi connectivity index (χ1n) is 12.3.